The summed E-state index contributed by atoms with van der Waals surface area (Å²) >= 11 is 3.53. The SMILES string of the molecule is Cc1nn(Cc2cc(Br)cc3c2O[C@H](c2ccccc2)OC3)c(C)c1[N+](=O)[O-]. The van der Waals surface area contributed by atoms with Crippen LogP contribution in [0.1, 0.15) is 34.4 Å². The molecule has 0 spiro atoms. The quantitative estimate of drug-likeness (QED) is 0.426. The second kappa shape index (κ2) is 7.37. The Morgan fingerprint density at radius 1 is 1.29 bits per heavy atom. The number of nitrogens with zero attached hydrogens (tertiary/aromatic N) is 3. The Kier molecular flexibility index (Phi) is 4.91. The van der Waals surface area contributed by atoms with Crippen molar-refractivity contribution < 1.29 is 14.4 Å². The molecule has 0 N–H and O–H groups in total. The highest BCUT2D eigenvalue weighted by molar-refractivity contribution is 9.10. The molecule has 1 atom stereocenters. The van der Waals surface area contributed by atoms with Gasteiger partial charge in [0.25, 0.3) is 0 Å². The molecule has 0 fully saturated rings. The number of aromatic nitrogens is 2. The van der Waals surface area contributed by atoms with Gasteiger partial charge in [-0.05, 0) is 26.0 Å². The minimum Gasteiger partial charge on any atom is -0.460 e. The molecule has 28 heavy (non-hydrogen) atoms. The van der Waals surface area contributed by atoms with Crippen molar-refractivity contribution >= 4 is 21.6 Å². The molecule has 4 rings (SSSR count). The van der Waals surface area contributed by atoms with Gasteiger partial charge in [-0.15, -0.1) is 0 Å². The van der Waals surface area contributed by atoms with E-state index in [-0.39, 0.29) is 10.6 Å². The van der Waals surface area contributed by atoms with Gasteiger partial charge >= 0.3 is 5.69 Å². The van der Waals surface area contributed by atoms with E-state index in [1.807, 2.05) is 42.5 Å². The molecule has 0 radical (unpaired) electrons. The Hall–Kier alpha value is -2.71. The Morgan fingerprint density at radius 3 is 2.71 bits per heavy atom. The maximum absolute atomic E-state index is 11.3. The molecule has 0 saturated heterocycles. The lowest BCUT2D eigenvalue weighted by atomic mass is 10.1. The molecule has 2 heterocycles. The van der Waals surface area contributed by atoms with Crippen LogP contribution in [0.3, 0.4) is 0 Å². The van der Waals surface area contributed by atoms with Crippen LogP contribution in [-0.4, -0.2) is 14.7 Å². The maximum Gasteiger partial charge on any atom is 0.312 e. The van der Waals surface area contributed by atoms with Gasteiger partial charge < -0.3 is 9.47 Å². The van der Waals surface area contributed by atoms with Gasteiger partial charge in [-0.25, -0.2) is 0 Å². The highest BCUT2D eigenvalue weighted by Crippen LogP contribution is 2.38. The standard InChI is InChI=1S/C20H18BrN3O4/c1-12-18(24(25)26)13(2)23(22-12)10-15-8-17(21)9-16-11-27-20(28-19(15)16)14-6-4-3-5-7-14/h3-9,20H,10-11H2,1-2H3/t20-/m1/s1. The van der Waals surface area contributed by atoms with Crippen LogP contribution in [0.4, 0.5) is 5.69 Å². The largest absolute Gasteiger partial charge is 0.460 e. The van der Waals surface area contributed by atoms with E-state index in [4.69, 9.17) is 9.47 Å². The summed E-state index contributed by atoms with van der Waals surface area (Å²) in [6.07, 6.45) is -0.497. The van der Waals surface area contributed by atoms with E-state index in [1.165, 1.54) is 0 Å². The molecule has 0 bridgehead atoms. The first-order valence-electron chi connectivity index (χ1n) is 8.77. The lowest BCUT2D eigenvalue weighted by molar-refractivity contribution is -0.386. The van der Waals surface area contributed by atoms with Gasteiger partial charge in [0.2, 0.25) is 6.29 Å². The van der Waals surface area contributed by atoms with Crippen LogP contribution in [-0.2, 0) is 17.9 Å². The average Bonchev–Trinajstić information content (AvgIpc) is 2.95. The van der Waals surface area contributed by atoms with Gasteiger partial charge in [-0.1, -0.05) is 46.3 Å². The predicted octanol–water partition coefficient (Wildman–Crippen LogP) is 4.83. The highest BCUT2D eigenvalue weighted by atomic mass is 79.9. The number of halogens is 1. The summed E-state index contributed by atoms with van der Waals surface area (Å²) in [6, 6.07) is 13.7. The molecule has 1 aliphatic rings. The molecule has 2 aromatic carbocycles. The molecule has 1 aliphatic heterocycles. The lowest BCUT2D eigenvalue weighted by Crippen LogP contribution is -2.20. The van der Waals surface area contributed by atoms with Crippen LogP contribution in [0.25, 0.3) is 0 Å². The molecule has 0 aliphatic carbocycles. The molecular weight excluding hydrogens is 426 g/mol. The van der Waals surface area contributed by atoms with Crippen molar-refractivity contribution in [2.45, 2.75) is 33.3 Å². The number of hydrogen-bond donors (Lipinski definition) is 0. The van der Waals surface area contributed by atoms with Crippen LogP contribution < -0.4 is 4.74 Å². The molecule has 0 unspecified atom stereocenters. The van der Waals surface area contributed by atoms with Crippen molar-refractivity contribution in [2.75, 3.05) is 0 Å². The normalized spacial score (nSPS) is 15.8. The van der Waals surface area contributed by atoms with Gasteiger partial charge in [0.05, 0.1) is 18.1 Å². The first kappa shape index (κ1) is 18.6. The van der Waals surface area contributed by atoms with Gasteiger partial charge in [-0.2, -0.15) is 5.10 Å². The Labute approximate surface area is 170 Å². The zero-order chi connectivity index (χ0) is 19.8. The fourth-order valence-electron chi connectivity index (χ4n) is 3.44. The number of hydrogen-bond acceptors (Lipinski definition) is 5. The second-order valence-corrected chi connectivity index (χ2v) is 7.57. The zero-order valence-electron chi connectivity index (χ0n) is 15.4. The first-order valence-corrected chi connectivity index (χ1v) is 9.56. The van der Waals surface area contributed by atoms with E-state index in [0.29, 0.717) is 24.5 Å². The van der Waals surface area contributed by atoms with Gasteiger partial charge in [0.15, 0.2) is 0 Å². The number of rotatable bonds is 4. The summed E-state index contributed by atoms with van der Waals surface area (Å²) in [7, 11) is 0. The summed E-state index contributed by atoms with van der Waals surface area (Å²) < 4.78 is 14.6. The van der Waals surface area contributed by atoms with Crippen LogP contribution in [0.15, 0.2) is 46.9 Å². The van der Waals surface area contributed by atoms with Crippen molar-refractivity contribution in [3.63, 3.8) is 0 Å². The molecule has 8 heteroatoms. The third-order valence-corrected chi connectivity index (χ3v) is 5.20. The Bertz CT molecular complexity index is 1050. The molecule has 0 amide bonds. The van der Waals surface area contributed by atoms with E-state index >= 15 is 0 Å². The first-order chi connectivity index (χ1) is 13.4. The van der Waals surface area contributed by atoms with Gasteiger partial charge in [-0.3, -0.25) is 14.8 Å². The van der Waals surface area contributed by atoms with E-state index in [1.54, 1.807) is 18.5 Å². The molecule has 0 saturated carbocycles. The van der Waals surface area contributed by atoms with Crippen molar-refractivity contribution in [3.8, 4) is 5.75 Å². The highest BCUT2D eigenvalue weighted by Gasteiger charge is 2.27. The van der Waals surface area contributed by atoms with Crippen LogP contribution in [0.2, 0.25) is 0 Å². The third-order valence-electron chi connectivity index (χ3n) is 4.74. The van der Waals surface area contributed by atoms with Crippen molar-refractivity contribution in [2.24, 2.45) is 0 Å². The summed E-state index contributed by atoms with van der Waals surface area (Å²) in [5.74, 6) is 0.735. The number of nitro groups is 1. The summed E-state index contributed by atoms with van der Waals surface area (Å²) in [6.45, 7) is 4.13. The third kappa shape index (κ3) is 3.41. The number of benzene rings is 2. The molecule has 1 aromatic heterocycles. The minimum absolute atomic E-state index is 0.0512. The number of fused-ring (bicyclic) bond motifs is 1. The molecule has 144 valence electrons. The number of ether oxygens (including phenoxy) is 2. The van der Waals surface area contributed by atoms with Gasteiger partial charge in [0, 0.05) is 21.2 Å². The second-order valence-electron chi connectivity index (χ2n) is 6.66. The maximum atomic E-state index is 11.3. The monoisotopic (exact) mass is 443 g/mol. The average molecular weight is 444 g/mol. The van der Waals surface area contributed by atoms with E-state index in [9.17, 15) is 10.1 Å². The van der Waals surface area contributed by atoms with Crippen LogP contribution >= 0.6 is 15.9 Å². The van der Waals surface area contributed by atoms with Crippen molar-refractivity contribution in [1.29, 1.82) is 0 Å². The zero-order valence-corrected chi connectivity index (χ0v) is 17.0. The lowest BCUT2D eigenvalue weighted by Gasteiger charge is -2.28. The number of aryl methyl sites for hydroxylation is 1. The molecule has 7 nitrogen and oxygen atoms in total. The fourth-order valence-corrected chi connectivity index (χ4v) is 3.99. The van der Waals surface area contributed by atoms with Gasteiger partial charge in [0.1, 0.15) is 17.1 Å². The Morgan fingerprint density at radius 2 is 2.04 bits per heavy atom. The Balaban J connectivity index is 1.71. The van der Waals surface area contributed by atoms with Crippen molar-refractivity contribution in [1.82, 2.24) is 9.78 Å². The van der Waals surface area contributed by atoms with E-state index in [2.05, 4.69) is 21.0 Å². The van der Waals surface area contributed by atoms with Crippen molar-refractivity contribution in [3.05, 3.63) is 85.1 Å². The van der Waals surface area contributed by atoms with Crippen LogP contribution in [0, 0.1) is 24.0 Å². The summed E-state index contributed by atoms with van der Waals surface area (Å²) in [5, 5.41) is 15.7. The smallest absolute Gasteiger partial charge is 0.312 e. The fraction of sp³-hybridized carbons (Fsp3) is 0.250. The topological polar surface area (TPSA) is 79.4 Å². The molecule has 3 aromatic rings. The summed E-state index contributed by atoms with van der Waals surface area (Å²) in [4.78, 5) is 10.9. The minimum atomic E-state index is -0.497. The van der Waals surface area contributed by atoms with Crippen LogP contribution in [0.5, 0.6) is 5.75 Å². The van der Waals surface area contributed by atoms with E-state index < -0.39 is 6.29 Å². The predicted molar refractivity (Wildman–Crippen MR) is 106 cm³/mol. The molecular formula is C20H18BrN3O4. The van der Waals surface area contributed by atoms with E-state index in [0.717, 1.165) is 26.9 Å². The summed E-state index contributed by atoms with van der Waals surface area (Å²) in [5.41, 5.74) is 3.71.